The normalized spacial score (nSPS) is 11.2. The number of hydrogen-bond donors (Lipinski definition) is 1. The molecular weight excluding hydrogens is 331 g/mol. The number of anilines is 1. The number of benzene rings is 2. The molecule has 0 amide bonds. The number of hydrogen-bond acceptors (Lipinski definition) is 7. The third-order valence-corrected chi connectivity index (χ3v) is 3.92. The van der Waals surface area contributed by atoms with E-state index in [0.29, 0.717) is 28.2 Å². The molecule has 0 spiro atoms. The van der Waals surface area contributed by atoms with Crippen LogP contribution < -0.4 is 40.0 Å². The number of aromatic nitrogens is 3. The molecule has 0 aliphatic carbocycles. The summed E-state index contributed by atoms with van der Waals surface area (Å²) in [6.07, 6.45) is 0. The van der Waals surface area contributed by atoms with Gasteiger partial charge in [0.05, 0.1) is 23.4 Å². The number of fused-ring (bicyclic) bond motifs is 1. The van der Waals surface area contributed by atoms with Crippen LogP contribution in [0.3, 0.4) is 0 Å². The summed E-state index contributed by atoms with van der Waals surface area (Å²) in [5.41, 5.74) is 7.57. The average Bonchev–Trinajstić information content (AvgIpc) is 2.89. The van der Waals surface area contributed by atoms with Crippen molar-refractivity contribution in [1.29, 1.82) is 0 Å². The van der Waals surface area contributed by atoms with Crippen LogP contribution in [0.25, 0.3) is 16.7 Å². The molecule has 3 rings (SSSR count). The number of methoxy groups -OCH3 is 1. The van der Waals surface area contributed by atoms with Crippen molar-refractivity contribution in [3.8, 4) is 11.4 Å². The van der Waals surface area contributed by atoms with Crippen LogP contribution in [0.15, 0.2) is 41.3 Å². The van der Waals surface area contributed by atoms with Gasteiger partial charge in [-0.3, -0.25) is 0 Å². The van der Waals surface area contributed by atoms with Gasteiger partial charge in [0.1, 0.15) is 26.9 Å². The maximum Gasteiger partial charge on any atom is 1.00 e. The first kappa shape index (κ1) is 17.7. The van der Waals surface area contributed by atoms with Crippen LogP contribution in [0.2, 0.25) is 0 Å². The smallest absolute Gasteiger partial charge is 0.744 e. The summed E-state index contributed by atoms with van der Waals surface area (Å²) >= 11 is 0. The molecule has 23 heavy (non-hydrogen) atoms. The van der Waals surface area contributed by atoms with E-state index in [2.05, 4.69) is 10.2 Å². The van der Waals surface area contributed by atoms with Crippen LogP contribution in [0.4, 0.5) is 5.69 Å². The van der Waals surface area contributed by atoms with E-state index >= 15 is 0 Å². The molecule has 114 valence electrons. The topological polar surface area (TPSA) is 123 Å². The minimum Gasteiger partial charge on any atom is -0.744 e. The van der Waals surface area contributed by atoms with Crippen LogP contribution in [-0.4, -0.2) is 35.1 Å². The Labute approximate surface area is 154 Å². The Morgan fingerprint density at radius 2 is 1.83 bits per heavy atom. The summed E-state index contributed by atoms with van der Waals surface area (Å²) in [6, 6.07) is 8.82. The molecule has 0 fully saturated rings. The first-order valence-electron chi connectivity index (χ1n) is 6.15. The van der Waals surface area contributed by atoms with Crippen molar-refractivity contribution in [1.82, 2.24) is 15.0 Å². The first-order valence-corrected chi connectivity index (χ1v) is 7.56. The summed E-state index contributed by atoms with van der Waals surface area (Å²) in [5, 5.41) is 8.39. The largest absolute Gasteiger partial charge is 1.00 e. The molecule has 2 aromatic carbocycles. The zero-order valence-electron chi connectivity index (χ0n) is 12.4. The van der Waals surface area contributed by atoms with E-state index in [1.165, 1.54) is 30.1 Å². The molecule has 2 N–H and O–H groups in total. The number of nitrogen functional groups attached to an aromatic ring is 1. The van der Waals surface area contributed by atoms with Crippen molar-refractivity contribution < 1.29 is 47.3 Å². The molecule has 3 aromatic rings. The Balaban J connectivity index is 0.00000192. The molecule has 1 aromatic heterocycles. The minimum atomic E-state index is -4.53. The van der Waals surface area contributed by atoms with Crippen LogP contribution in [0, 0.1) is 0 Å². The number of nitrogens with zero attached hydrogens (tertiary/aromatic N) is 3. The molecular formula is C13H11N4NaO4S. The fraction of sp³-hybridized carbons (Fsp3) is 0.0769. The molecule has 0 aliphatic rings. The van der Waals surface area contributed by atoms with Gasteiger partial charge in [0.25, 0.3) is 0 Å². The van der Waals surface area contributed by atoms with Gasteiger partial charge < -0.3 is 15.0 Å². The number of rotatable bonds is 3. The van der Waals surface area contributed by atoms with Crippen molar-refractivity contribution in [3.63, 3.8) is 0 Å². The Morgan fingerprint density at radius 3 is 2.48 bits per heavy atom. The Hall–Kier alpha value is -1.65. The van der Waals surface area contributed by atoms with Crippen molar-refractivity contribution in [3.05, 3.63) is 36.4 Å². The summed E-state index contributed by atoms with van der Waals surface area (Å²) in [5.74, 6) is 0.474. The molecule has 8 nitrogen and oxygen atoms in total. The summed E-state index contributed by atoms with van der Waals surface area (Å²) < 4.78 is 38.2. The zero-order chi connectivity index (χ0) is 15.9. The van der Waals surface area contributed by atoms with Gasteiger partial charge in [0.15, 0.2) is 0 Å². The van der Waals surface area contributed by atoms with Gasteiger partial charge in [-0.05, 0) is 30.3 Å². The molecule has 0 bridgehead atoms. The summed E-state index contributed by atoms with van der Waals surface area (Å²) in [6.45, 7) is 0. The van der Waals surface area contributed by atoms with Crippen molar-refractivity contribution >= 4 is 26.8 Å². The van der Waals surface area contributed by atoms with Crippen LogP contribution in [-0.2, 0) is 10.1 Å². The van der Waals surface area contributed by atoms with E-state index in [9.17, 15) is 13.0 Å². The van der Waals surface area contributed by atoms with E-state index in [1.54, 1.807) is 18.2 Å². The van der Waals surface area contributed by atoms with Gasteiger partial charge >= 0.3 is 29.6 Å². The summed E-state index contributed by atoms with van der Waals surface area (Å²) in [7, 11) is -3.04. The second kappa shape index (κ2) is 6.46. The Kier molecular flexibility index (Phi) is 4.97. The Morgan fingerprint density at radius 1 is 1.13 bits per heavy atom. The van der Waals surface area contributed by atoms with Gasteiger partial charge in [-0.25, -0.2) is 8.42 Å². The van der Waals surface area contributed by atoms with Crippen molar-refractivity contribution in [2.45, 2.75) is 4.90 Å². The van der Waals surface area contributed by atoms with Crippen molar-refractivity contribution in [2.75, 3.05) is 12.8 Å². The third kappa shape index (κ3) is 3.48. The molecule has 0 unspecified atom stereocenters. The van der Waals surface area contributed by atoms with Crippen LogP contribution >= 0.6 is 0 Å². The molecule has 1 heterocycles. The number of nitrogens with two attached hydrogens (primary N) is 1. The van der Waals surface area contributed by atoms with Gasteiger partial charge in [-0.1, -0.05) is 0 Å². The van der Waals surface area contributed by atoms with E-state index in [0.717, 1.165) is 0 Å². The van der Waals surface area contributed by atoms with E-state index in [-0.39, 0.29) is 34.5 Å². The van der Waals surface area contributed by atoms with Gasteiger partial charge in [-0.2, -0.15) is 4.80 Å². The Bertz CT molecular complexity index is 971. The maximum atomic E-state index is 11.0. The standard InChI is InChI=1S/C13H12N4O4S.Na/c1-21-13-6-8(2-4-10(13)14)17-15-11-5-3-9(22(18,19)20)7-12(11)16-17;/h2-7H,14H2,1H3,(H,18,19,20);/q;+1/p-1. The summed E-state index contributed by atoms with van der Waals surface area (Å²) in [4.78, 5) is 0.968. The van der Waals surface area contributed by atoms with Gasteiger partial charge in [-0.15, -0.1) is 10.2 Å². The van der Waals surface area contributed by atoms with E-state index in [1.807, 2.05) is 0 Å². The first-order chi connectivity index (χ1) is 10.4. The predicted molar refractivity (Wildman–Crippen MR) is 77.8 cm³/mol. The SMILES string of the molecule is COc1cc(-n2nc3ccc(S(=O)(=O)[O-])cc3n2)ccc1N.[Na+]. The van der Waals surface area contributed by atoms with Gasteiger partial charge in [0.2, 0.25) is 0 Å². The quantitative estimate of drug-likeness (QED) is 0.329. The maximum absolute atomic E-state index is 11.0. The average molecular weight is 342 g/mol. The molecule has 0 atom stereocenters. The van der Waals surface area contributed by atoms with E-state index < -0.39 is 10.1 Å². The van der Waals surface area contributed by atoms with E-state index in [4.69, 9.17) is 10.5 Å². The second-order valence-corrected chi connectivity index (χ2v) is 5.90. The van der Waals surface area contributed by atoms with Crippen LogP contribution in [0.1, 0.15) is 0 Å². The molecule has 0 aliphatic heterocycles. The number of ether oxygens (including phenoxy) is 1. The molecule has 0 radical (unpaired) electrons. The van der Waals surface area contributed by atoms with Crippen molar-refractivity contribution in [2.24, 2.45) is 0 Å². The third-order valence-electron chi connectivity index (χ3n) is 3.09. The molecule has 0 saturated carbocycles. The minimum absolute atomic E-state index is 0. The van der Waals surface area contributed by atoms with Crippen LogP contribution in [0.5, 0.6) is 5.75 Å². The zero-order valence-corrected chi connectivity index (χ0v) is 15.2. The predicted octanol–water partition coefficient (Wildman–Crippen LogP) is -2.08. The molecule has 10 heteroatoms. The monoisotopic (exact) mass is 342 g/mol. The fourth-order valence-electron chi connectivity index (χ4n) is 1.99. The fourth-order valence-corrected chi connectivity index (χ4v) is 2.48. The second-order valence-electron chi connectivity index (χ2n) is 4.52. The molecule has 0 saturated heterocycles. The van der Waals surface area contributed by atoms with Gasteiger partial charge in [0, 0.05) is 6.07 Å².